The fraction of sp³-hybridized carbons (Fsp3) is 0.375. The van der Waals surface area contributed by atoms with E-state index in [1.807, 2.05) is 37.2 Å². The molecular formula is C24H25N3O5. The molecule has 3 amide bonds. The van der Waals surface area contributed by atoms with Crippen molar-refractivity contribution >= 4 is 29.1 Å². The molecular weight excluding hydrogens is 410 g/mol. The molecule has 2 aromatic rings. The number of hydrogen-bond acceptors (Lipinski definition) is 6. The van der Waals surface area contributed by atoms with Gasteiger partial charge < -0.3 is 19.3 Å². The highest BCUT2D eigenvalue weighted by molar-refractivity contribution is 6.22. The zero-order valence-electron chi connectivity index (χ0n) is 18.2. The number of hydrogen-bond donors (Lipinski definition) is 0. The van der Waals surface area contributed by atoms with E-state index < -0.39 is 0 Å². The fourth-order valence-electron chi connectivity index (χ4n) is 4.44. The summed E-state index contributed by atoms with van der Waals surface area (Å²) in [5.74, 6) is -0.278. The molecule has 166 valence electrons. The first-order chi connectivity index (χ1) is 15.4. The number of amides is 3. The van der Waals surface area contributed by atoms with Gasteiger partial charge in [0.15, 0.2) is 0 Å². The van der Waals surface area contributed by atoms with Gasteiger partial charge in [-0.1, -0.05) is 0 Å². The van der Waals surface area contributed by atoms with E-state index in [1.54, 1.807) is 17.0 Å². The van der Waals surface area contributed by atoms with Gasteiger partial charge in [-0.05, 0) is 43.2 Å². The average molecular weight is 435 g/mol. The standard InChI is InChI=1S/C24H25N3O5/c1-25(2)16-6-8-20-21(13-16)32-11-9-26(20)22(28)15-5-7-18-19(12-15)24(30)27(23(18)29)14-17-4-3-10-31-17/h5-8,12-13,17H,3-4,9-11,14H2,1-2H3/t17-/m1/s1. The van der Waals surface area contributed by atoms with Crippen molar-refractivity contribution in [2.75, 3.05) is 50.2 Å². The normalized spacial score (nSPS) is 19.6. The number of imide groups is 1. The first-order valence-electron chi connectivity index (χ1n) is 10.8. The Morgan fingerprint density at radius 3 is 2.62 bits per heavy atom. The minimum atomic E-state index is -0.367. The van der Waals surface area contributed by atoms with Crippen LogP contribution in [0.4, 0.5) is 11.4 Å². The van der Waals surface area contributed by atoms with Gasteiger partial charge >= 0.3 is 0 Å². The van der Waals surface area contributed by atoms with Crippen LogP contribution in [0.2, 0.25) is 0 Å². The summed E-state index contributed by atoms with van der Waals surface area (Å²) < 4.78 is 11.4. The molecule has 0 aliphatic carbocycles. The van der Waals surface area contributed by atoms with Gasteiger partial charge in [-0.15, -0.1) is 0 Å². The van der Waals surface area contributed by atoms with Gasteiger partial charge in [0, 0.05) is 38.0 Å². The molecule has 1 fully saturated rings. The Balaban J connectivity index is 1.41. The summed E-state index contributed by atoms with van der Waals surface area (Å²) in [6.45, 7) is 1.69. The van der Waals surface area contributed by atoms with Crippen LogP contribution in [0.25, 0.3) is 0 Å². The summed E-state index contributed by atoms with van der Waals surface area (Å²) in [6.07, 6.45) is 1.65. The Kier molecular flexibility index (Phi) is 5.09. The van der Waals surface area contributed by atoms with Crippen molar-refractivity contribution in [1.29, 1.82) is 0 Å². The Labute approximate surface area is 186 Å². The number of fused-ring (bicyclic) bond motifs is 2. The summed E-state index contributed by atoms with van der Waals surface area (Å²) >= 11 is 0. The molecule has 1 atom stereocenters. The zero-order valence-corrected chi connectivity index (χ0v) is 18.2. The summed E-state index contributed by atoms with van der Waals surface area (Å²) in [5.41, 5.74) is 2.65. The lowest BCUT2D eigenvalue weighted by Gasteiger charge is -2.30. The molecule has 3 aliphatic heterocycles. The highest BCUT2D eigenvalue weighted by Gasteiger charge is 2.38. The number of carbonyl (C=O) groups is 3. The van der Waals surface area contributed by atoms with Crippen molar-refractivity contribution < 1.29 is 23.9 Å². The lowest BCUT2D eigenvalue weighted by atomic mass is 10.0. The van der Waals surface area contributed by atoms with E-state index in [0.717, 1.165) is 18.5 Å². The predicted molar refractivity (Wildman–Crippen MR) is 119 cm³/mol. The quantitative estimate of drug-likeness (QED) is 0.687. The average Bonchev–Trinajstić information content (AvgIpc) is 3.40. The predicted octanol–water partition coefficient (Wildman–Crippen LogP) is 2.57. The summed E-state index contributed by atoms with van der Waals surface area (Å²) in [6, 6.07) is 10.4. The maximum atomic E-state index is 13.4. The molecule has 3 heterocycles. The molecule has 3 aliphatic rings. The number of anilines is 2. The maximum Gasteiger partial charge on any atom is 0.261 e. The molecule has 0 bridgehead atoms. The Hall–Kier alpha value is -3.39. The number of nitrogens with zero attached hydrogens (tertiary/aromatic N) is 3. The fourth-order valence-corrected chi connectivity index (χ4v) is 4.44. The van der Waals surface area contributed by atoms with Crippen molar-refractivity contribution in [3.8, 4) is 5.75 Å². The molecule has 5 rings (SSSR count). The lowest BCUT2D eigenvalue weighted by molar-refractivity contribution is 0.0475. The van der Waals surface area contributed by atoms with E-state index >= 15 is 0 Å². The largest absolute Gasteiger partial charge is 0.489 e. The lowest BCUT2D eigenvalue weighted by Crippen LogP contribution is -2.38. The molecule has 0 unspecified atom stereocenters. The van der Waals surface area contributed by atoms with Crippen molar-refractivity contribution in [1.82, 2.24) is 4.90 Å². The SMILES string of the molecule is CN(C)c1ccc2c(c1)OCCN2C(=O)c1ccc2c(c1)C(=O)N(C[C@H]1CCCO1)C2=O. The van der Waals surface area contributed by atoms with E-state index in [0.29, 0.717) is 42.3 Å². The monoisotopic (exact) mass is 435 g/mol. The van der Waals surface area contributed by atoms with Crippen molar-refractivity contribution in [2.24, 2.45) is 0 Å². The summed E-state index contributed by atoms with van der Waals surface area (Å²) in [7, 11) is 3.89. The smallest absolute Gasteiger partial charge is 0.261 e. The third kappa shape index (κ3) is 3.40. The van der Waals surface area contributed by atoms with Crippen LogP contribution in [0.3, 0.4) is 0 Å². The van der Waals surface area contributed by atoms with Gasteiger partial charge in [0.05, 0.1) is 36.0 Å². The minimum absolute atomic E-state index is 0.116. The summed E-state index contributed by atoms with van der Waals surface area (Å²) in [5, 5.41) is 0. The molecule has 32 heavy (non-hydrogen) atoms. The number of ether oxygens (including phenoxy) is 2. The second kappa shape index (κ2) is 7.94. The van der Waals surface area contributed by atoms with Gasteiger partial charge in [0.25, 0.3) is 17.7 Å². The third-order valence-corrected chi connectivity index (χ3v) is 6.20. The van der Waals surface area contributed by atoms with Gasteiger partial charge in [-0.25, -0.2) is 0 Å². The molecule has 8 nitrogen and oxygen atoms in total. The van der Waals surface area contributed by atoms with Gasteiger partial charge in [0.2, 0.25) is 0 Å². The Morgan fingerprint density at radius 1 is 1.06 bits per heavy atom. The molecule has 0 saturated carbocycles. The number of carbonyl (C=O) groups excluding carboxylic acids is 3. The van der Waals surface area contributed by atoms with Crippen molar-refractivity contribution in [3.05, 3.63) is 53.1 Å². The van der Waals surface area contributed by atoms with Crippen molar-refractivity contribution in [2.45, 2.75) is 18.9 Å². The van der Waals surface area contributed by atoms with E-state index in [1.165, 1.54) is 11.0 Å². The molecule has 0 N–H and O–H groups in total. The van der Waals surface area contributed by atoms with Crippen LogP contribution < -0.4 is 14.5 Å². The first-order valence-corrected chi connectivity index (χ1v) is 10.8. The van der Waals surface area contributed by atoms with Crippen molar-refractivity contribution in [3.63, 3.8) is 0 Å². The second-order valence-electron chi connectivity index (χ2n) is 8.47. The molecule has 0 radical (unpaired) electrons. The highest BCUT2D eigenvalue weighted by atomic mass is 16.5. The molecule has 2 aromatic carbocycles. The van der Waals surface area contributed by atoms with Crippen LogP contribution >= 0.6 is 0 Å². The third-order valence-electron chi connectivity index (χ3n) is 6.20. The van der Waals surface area contributed by atoms with Crippen LogP contribution in [-0.4, -0.2) is 69.1 Å². The van der Waals surface area contributed by atoms with Gasteiger partial charge in [-0.2, -0.15) is 0 Å². The second-order valence-corrected chi connectivity index (χ2v) is 8.47. The van der Waals surface area contributed by atoms with Crippen LogP contribution in [0, 0.1) is 0 Å². The number of benzene rings is 2. The van der Waals surface area contributed by atoms with Crippen LogP contribution in [0.1, 0.15) is 43.9 Å². The number of rotatable bonds is 4. The molecule has 0 spiro atoms. The van der Waals surface area contributed by atoms with Crippen LogP contribution in [0.5, 0.6) is 5.75 Å². The van der Waals surface area contributed by atoms with Crippen LogP contribution in [0.15, 0.2) is 36.4 Å². The topological polar surface area (TPSA) is 79.4 Å². The van der Waals surface area contributed by atoms with E-state index in [-0.39, 0.29) is 35.9 Å². The van der Waals surface area contributed by atoms with Crippen LogP contribution in [-0.2, 0) is 4.74 Å². The maximum absolute atomic E-state index is 13.4. The van der Waals surface area contributed by atoms with E-state index in [4.69, 9.17) is 9.47 Å². The molecule has 1 saturated heterocycles. The van der Waals surface area contributed by atoms with Gasteiger partial charge in [0.1, 0.15) is 12.4 Å². The van der Waals surface area contributed by atoms with E-state index in [2.05, 4.69) is 0 Å². The Morgan fingerprint density at radius 2 is 1.88 bits per heavy atom. The molecule has 0 aromatic heterocycles. The van der Waals surface area contributed by atoms with E-state index in [9.17, 15) is 14.4 Å². The summed E-state index contributed by atoms with van der Waals surface area (Å²) in [4.78, 5) is 43.9. The Bertz CT molecular complexity index is 1110. The molecule has 8 heteroatoms. The minimum Gasteiger partial charge on any atom is -0.489 e. The van der Waals surface area contributed by atoms with Gasteiger partial charge in [-0.3, -0.25) is 19.3 Å². The first kappa shape index (κ1) is 20.5. The zero-order chi connectivity index (χ0) is 22.4. The highest BCUT2D eigenvalue weighted by Crippen LogP contribution is 2.36.